The van der Waals surface area contributed by atoms with Crippen LogP contribution in [0.15, 0.2) is 36.7 Å². The largest absolute Gasteiger partial charge is 0.379 e. The van der Waals surface area contributed by atoms with Gasteiger partial charge >= 0.3 is 0 Å². The third-order valence-electron chi connectivity index (χ3n) is 4.42. The SMILES string of the molecule is CC(NCC(c1ccccc1)N1CCOCC1)c1ncnn1C. The van der Waals surface area contributed by atoms with Gasteiger partial charge in [-0.05, 0) is 12.5 Å². The van der Waals surface area contributed by atoms with Crippen LogP contribution < -0.4 is 5.32 Å². The smallest absolute Gasteiger partial charge is 0.143 e. The van der Waals surface area contributed by atoms with Gasteiger partial charge in [0.1, 0.15) is 12.2 Å². The normalized spacial score (nSPS) is 18.7. The Balaban J connectivity index is 1.70. The fourth-order valence-corrected chi connectivity index (χ4v) is 3.10. The van der Waals surface area contributed by atoms with Crippen LogP contribution in [0.3, 0.4) is 0 Å². The van der Waals surface area contributed by atoms with Crippen LogP contribution in [-0.4, -0.2) is 52.5 Å². The Morgan fingerprint density at radius 2 is 1.96 bits per heavy atom. The maximum Gasteiger partial charge on any atom is 0.143 e. The average Bonchev–Trinajstić information content (AvgIpc) is 3.03. The molecular weight excluding hydrogens is 290 g/mol. The van der Waals surface area contributed by atoms with Gasteiger partial charge < -0.3 is 10.1 Å². The number of morpholine rings is 1. The number of nitrogens with one attached hydrogen (secondary N) is 1. The van der Waals surface area contributed by atoms with Crippen LogP contribution >= 0.6 is 0 Å². The van der Waals surface area contributed by atoms with E-state index in [2.05, 4.69) is 57.6 Å². The van der Waals surface area contributed by atoms with Crippen molar-refractivity contribution in [1.29, 1.82) is 0 Å². The molecule has 1 aliphatic heterocycles. The lowest BCUT2D eigenvalue weighted by atomic mass is 10.0. The van der Waals surface area contributed by atoms with Crippen molar-refractivity contribution in [1.82, 2.24) is 25.0 Å². The number of benzene rings is 1. The van der Waals surface area contributed by atoms with Crippen molar-refractivity contribution in [3.05, 3.63) is 48.0 Å². The van der Waals surface area contributed by atoms with Crippen molar-refractivity contribution in [2.24, 2.45) is 7.05 Å². The molecule has 2 unspecified atom stereocenters. The number of nitrogens with zero attached hydrogens (tertiary/aromatic N) is 4. The zero-order chi connectivity index (χ0) is 16.1. The van der Waals surface area contributed by atoms with Crippen LogP contribution in [0.5, 0.6) is 0 Å². The molecule has 1 saturated heterocycles. The first-order valence-corrected chi connectivity index (χ1v) is 8.19. The molecular formula is C17H25N5O. The summed E-state index contributed by atoms with van der Waals surface area (Å²) in [5.41, 5.74) is 1.34. The maximum atomic E-state index is 5.50. The molecule has 2 aromatic rings. The van der Waals surface area contributed by atoms with E-state index in [1.165, 1.54) is 5.56 Å². The lowest BCUT2D eigenvalue weighted by molar-refractivity contribution is 0.0156. The molecule has 0 spiro atoms. The van der Waals surface area contributed by atoms with Gasteiger partial charge in [-0.15, -0.1) is 0 Å². The van der Waals surface area contributed by atoms with Crippen molar-refractivity contribution in [2.75, 3.05) is 32.8 Å². The van der Waals surface area contributed by atoms with Gasteiger partial charge in [0.25, 0.3) is 0 Å². The second-order valence-corrected chi connectivity index (χ2v) is 5.95. The quantitative estimate of drug-likeness (QED) is 0.876. The van der Waals surface area contributed by atoms with E-state index >= 15 is 0 Å². The molecule has 6 nitrogen and oxygen atoms in total. The highest BCUT2D eigenvalue weighted by molar-refractivity contribution is 5.19. The van der Waals surface area contributed by atoms with Crippen molar-refractivity contribution < 1.29 is 4.74 Å². The highest BCUT2D eigenvalue weighted by Crippen LogP contribution is 2.22. The maximum absolute atomic E-state index is 5.50. The van der Waals surface area contributed by atoms with Crippen molar-refractivity contribution >= 4 is 0 Å². The number of rotatable bonds is 6. The van der Waals surface area contributed by atoms with Gasteiger partial charge in [-0.2, -0.15) is 5.10 Å². The second kappa shape index (κ2) is 7.68. The summed E-state index contributed by atoms with van der Waals surface area (Å²) < 4.78 is 7.33. The Labute approximate surface area is 137 Å². The monoisotopic (exact) mass is 315 g/mol. The molecule has 1 N–H and O–H groups in total. The lowest BCUT2D eigenvalue weighted by Crippen LogP contribution is -2.43. The Hall–Kier alpha value is -1.76. The lowest BCUT2D eigenvalue weighted by Gasteiger charge is -2.35. The molecule has 6 heteroatoms. The van der Waals surface area contributed by atoms with Crippen molar-refractivity contribution in [2.45, 2.75) is 19.0 Å². The number of aryl methyl sites for hydroxylation is 1. The molecule has 0 aliphatic carbocycles. The molecule has 124 valence electrons. The standard InChI is InChI=1S/C17H25N5O/c1-14(17-19-13-20-21(17)2)18-12-16(15-6-4-3-5-7-15)22-8-10-23-11-9-22/h3-7,13-14,16,18H,8-12H2,1-2H3. The van der Waals surface area contributed by atoms with E-state index < -0.39 is 0 Å². The molecule has 1 fully saturated rings. The molecule has 1 aromatic carbocycles. The predicted molar refractivity (Wildman–Crippen MR) is 89.0 cm³/mol. The fraction of sp³-hybridized carbons (Fsp3) is 0.529. The molecule has 0 saturated carbocycles. The van der Waals surface area contributed by atoms with Crippen LogP contribution in [-0.2, 0) is 11.8 Å². The van der Waals surface area contributed by atoms with Gasteiger partial charge in [0.05, 0.1) is 19.3 Å². The summed E-state index contributed by atoms with van der Waals surface area (Å²) in [4.78, 5) is 6.83. The van der Waals surface area contributed by atoms with E-state index in [4.69, 9.17) is 4.74 Å². The summed E-state index contributed by atoms with van der Waals surface area (Å²) in [5.74, 6) is 0.957. The van der Waals surface area contributed by atoms with E-state index in [9.17, 15) is 0 Å². The summed E-state index contributed by atoms with van der Waals surface area (Å²) in [6.07, 6.45) is 1.60. The number of aromatic nitrogens is 3. The minimum absolute atomic E-state index is 0.162. The van der Waals surface area contributed by atoms with Crippen LogP contribution in [0, 0.1) is 0 Å². The van der Waals surface area contributed by atoms with E-state index in [1.54, 1.807) is 6.33 Å². The third-order valence-corrected chi connectivity index (χ3v) is 4.42. The van der Waals surface area contributed by atoms with Gasteiger partial charge in [-0.1, -0.05) is 30.3 Å². The topological polar surface area (TPSA) is 55.2 Å². The molecule has 1 aromatic heterocycles. The van der Waals surface area contributed by atoms with E-state index in [-0.39, 0.29) is 6.04 Å². The Morgan fingerprint density at radius 3 is 2.61 bits per heavy atom. The highest BCUT2D eigenvalue weighted by Gasteiger charge is 2.23. The molecule has 1 aliphatic rings. The van der Waals surface area contributed by atoms with E-state index in [0.717, 1.165) is 38.7 Å². The Kier molecular flexibility index (Phi) is 5.38. The Bertz CT molecular complexity index is 594. The van der Waals surface area contributed by atoms with Gasteiger partial charge in [0.2, 0.25) is 0 Å². The summed E-state index contributed by atoms with van der Waals surface area (Å²) in [6, 6.07) is 11.2. The Morgan fingerprint density at radius 1 is 1.22 bits per heavy atom. The number of ether oxygens (including phenoxy) is 1. The molecule has 0 radical (unpaired) electrons. The molecule has 0 amide bonds. The van der Waals surface area contributed by atoms with Crippen LogP contribution in [0.2, 0.25) is 0 Å². The molecule has 23 heavy (non-hydrogen) atoms. The number of hydrogen-bond acceptors (Lipinski definition) is 5. The first kappa shape index (κ1) is 16.1. The highest BCUT2D eigenvalue weighted by atomic mass is 16.5. The van der Waals surface area contributed by atoms with E-state index in [0.29, 0.717) is 6.04 Å². The predicted octanol–water partition coefficient (Wildman–Crippen LogP) is 1.54. The molecule has 2 atom stereocenters. The zero-order valence-electron chi connectivity index (χ0n) is 13.9. The second-order valence-electron chi connectivity index (χ2n) is 5.95. The number of hydrogen-bond donors (Lipinski definition) is 1. The van der Waals surface area contributed by atoms with Gasteiger partial charge in [-0.3, -0.25) is 9.58 Å². The first-order valence-electron chi connectivity index (χ1n) is 8.19. The van der Waals surface area contributed by atoms with Gasteiger partial charge in [-0.25, -0.2) is 4.98 Å². The third kappa shape index (κ3) is 3.96. The molecule has 3 rings (SSSR count). The molecule has 0 bridgehead atoms. The minimum Gasteiger partial charge on any atom is -0.379 e. The zero-order valence-corrected chi connectivity index (χ0v) is 13.9. The minimum atomic E-state index is 0.162. The van der Waals surface area contributed by atoms with Crippen LogP contribution in [0.1, 0.15) is 30.4 Å². The van der Waals surface area contributed by atoms with Gasteiger partial charge in [0, 0.05) is 32.7 Å². The van der Waals surface area contributed by atoms with Crippen molar-refractivity contribution in [3.63, 3.8) is 0 Å². The van der Waals surface area contributed by atoms with Crippen LogP contribution in [0.4, 0.5) is 0 Å². The fourth-order valence-electron chi connectivity index (χ4n) is 3.10. The average molecular weight is 315 g/mol. The first-order chi connectivity index (χ1) is 11.3. The summed E-state index contributed by atoms with van der Waals surface area (Å²) in [7, 11) is 1.93. The summed E-state index contributed by atoms with van der Waals surface area (Å²) in [5, 5.41) is 7.77. The summed E-state index contributed by atoms with van der Waals surface area (Å²) >= 11 is 0. The molecule has 2 heterocycles. The van der Waals surface area contributed by atoms with Crippen molar-refractivity contribution in [3.8, 4) is 0 Å². The summed E-state index contributed by atoms with van der Waals surface area (Å²) in [6.45, 7) is 6.56. The van der Waals surface area contributed by atoms with Crippen LogP contribution in [0.25, 0.3) is 0 Å². The van der Waals surface area contributed by atoms with E-state index in [1.807, 2.05) is 11.7 Å². The van der Waals surface area contributed by atoms with Gasteiger partial charge in [0.15, 0.2) is 0 Å².